The molecule has 0 aliphatic heterocycles. The summed E-state index contributed by atoms with van der Waals surface area (Å²) in [6.45, 7) is 4.63. The minimum absolute atomic E-state index is 0.289. The van der Waals surface area contributed by atoms with Crippen LogP contribution in [0.1, 0.15) is 25.0 Å². The number of benzene rings is 10. The van der Waals surface area contributed by atoms with E-state index in [2.05, 4.69) is 223 Å². The molecule has 0 N–H and O–H groups in total. The number of fused-ring (bicyclic) bond motifs is 13. The van der Waals surface area contributed by atoms with Gasteiger partial charge in [-0.25, -0.2) is 4.98 Å². The summed E-state index contributed by atoms with van der Waals surface area (Å²) in [5.41, 5.74) is 17.9. The van der Waals surface area contributed by atoms with E-state index in [9.17, 15) is 0 Å². The maximum Gasteiger partial charge on any atom is 0.238 e. The highest BCUT2D eigenvalue weighted by Gasteiger charge is 2.38. The first-order chi connectivity index (χ1) is 35.5. The summed E-state index contributed by atoms with van der Waals surface area (Å²) in [6.07, 6.45) is 0. The lowest BCUT2D eigenvalue weighted by atomic mass is 9.80. The first-order valence-electron chi connectivity index (χ1n) is 24.6. The largest absolute Gasteiger partial charge is 0.454 e. The highest BCUT2D eigenvalue weighted by molar-refractivity contribution is 6.24. The van der Waals surface area contributed by atoms with Gasteiger partial charge in [-0.2, -0.15) is 9.97 Å². The van der Waals surface area contributed by atoms with E-state index in [0.717, 1.165) is 93.5 Å². The fourth-order valence-electron chi connectivity index (χ4n) is 11.9. The molecule has 15 rings (SSSR count). The Hall–Kier alpha value is -9.39. The summed E-state index contributed by atoms with van der Waals surface area (Å²) in [7, 11) is 0. The third-order valence-electron chi connectivity index (χ3n) is 15.2. The molecular formula is C66H43N5O. The van der Waals surface area contributed by atoms with Crippen molar-refractivity contribution in [1.82, 2.24) is 24.1 Å². The molecule has 6 heteroatoms. The molecular weight excluding hydrogens is 879 g/mol. The number of rotatable bonds is 6. The van der Waals surface area contributed by atoms with E-state index >= 15 is 0 Å². The summed E-state index contributed by atoms with van der Waals surface area (Å²) in [4.78, 5) is 16.5. The average Bonchev–Trinajstić information content (AvgIpc) is 4.16. The van der Waals surface area contributed by atoms with Gasteiger partial charge in [0.15, 0.2) is 17.2 Å². The Morgan fingerprint density at radius 2 is 0.917 bits per heavy atom. The van der Waals surface area contributed by atoms with Crippen molar-refractivity contribution in [1.29, 1.82) is 0 Å². The van der Waals surface area contributed by atoms with Crippen molar-refractivity contribution in [3.63, 3.8) is 0 Å². The average molecular weight is 922 g/mol. The van der Waals surface area contributed by atoms with Crippen LogP contribution in [0.3, 0.4) is 0 Å². The van der Waals surface area contributed by atoms with Gasteiger partial charge in [0.25, 0.3) is 0 Å². The summed E-state index contributed by atoms with van der Waals surface area (Å²) in [5, 5.41) is 6.57. The second-order valence-corrected chi connectivity index (χ2v) is 19.5. The monoisotopic (exact) mass is 921 g/mol. The maximum absolute atomic E-state index is 7.00. The zero-order chi connectivity index (χ0) is 47.7. The molecule has 4 heterocycles. The van der Waals surface area contributed by atoms with Crippen molar-refractivity contribution < 1.29 is 4.42 Å². The molecule has 6 nitrogen and oxygen atoms in total. The molecule has 0 spiro atoms. The summed E-state index contributed by atoms with van der Waals surface area (Å²) in [6, 6.07) is 80.0. The van der Waals surface area contributed by atoms with Gasteiger partial charge in [-0.3, -0.25) is 4.57 Å². The SMILES string of the molecule is CC1(C)c2ccccc2-c2cccc(-c3nc(-c4ccccc4)nc(-n4c5ccccc5c5ccc6c7ccccc7n(-c7cc(-c8ccc(-c9ccccc9)cc8)cc8c7oc7ccccc78)c6c54)n3)c21. The first-order valence-corrected chi connectivity index (χ1v) is 24.6. The van der Waals surface area contributed by atoms with Crippen molar-refractivity contribution in [2.24, 2.45) is 0 Å². The van der Waals surface area contributed by atoms with Gasteiger partial charge in [-0.05, 0) is 74.8 Å². The van der Waals surface area contributed by atoms with E-state index in [1.807, 2.05) is 24.3 Å². The van der Waals surface area contributed by atoms with Gasteiger partial charge in [0, 0.05) is 48.9 Å². The molecule has 14 aromatic rings. The predicted molar refractivity (Wildman–Crippen MR) is 295 cm³/mol. The van der Waals surface area contributed by atoms with Gasteiger partial charge in [0.2, 0.25) is 5.95 Å². The van der Waals surface area contributed by atoms with Gasteiger partial charge < -0.3 is 8.98 Å². The predicted octanol–water partition coefficient (Wildman–Crippen LogP) is 16.9. The molecule has 1 aliphatic carbocycles. The van der Waals surface area contributed by atoms with E-state index in [1.165, 1.54) is 33.4 Å². The van der Waals surface area contributed by atoms with Gasteiger partial charge in [0.05, 0.1) is 27.8 Å². The number of aromatic nitrogens is 5. The van der Waals surface area contributed by atoms with Crippen LogP contribution in [0.25, 0.3) is 133 Å². The molecule has 0 saturated carbocycles. The van der Waals surface area contributed by atoms with Crippen LogP contribution in [-0.4, -0.2) is 24.1 Å². The molecule has 0 amide bonds. The van der Waals surface area contributed by atoms with Crippen molar-refractivity contribution in [3.05, 3.63) is 236 Å². The highest BCUT2D eigenvalue weighted by Crippen LogP contribution is 2.52. The molecule has 0 saturated heterocycles. The normalized spacial score (nSPS) is 13.0. The van der Waals surface area contributed by atoms with Crippen LogP contribution in [-0.2, 0) is 5.41 Å². The van der Waals surface area contributed by atoms with Crippen molar-refractivity contribution in [3.8, 4) is 67.8 Å². The topological polar surface area (TPSA) is 61.7 Å². The Balaban J connectivity index is 1.05. The Morgan fingerprint density at radius 1 is 0.375 bits per heavy atom. The molecule has 0 fully saturated rings. The van der Waals surface area contributed by atoms with E-state index in [1.54, 1.807) is 0 Å². The van der Waals surface area contributed by atoms with Crippen molar-refractivity contribution in [2.75, 3.05) is 0 Å². The number of nitrogens with zero attached hydrogens (tertiary/aromatic N) is 5. The number of hydrogen-bond acceptors (Lipinski definition) is 4. The van der Waals surface area contributed by atoms with Crippen LogP contribution in [0.2, 0.25) is 0 Å². The Kier molecular flexibility index (Phi) is 8.61. The van der Waals surface area contributed by atoms with Crippen LogP contribution < -0.4 is 0 Å². The lowest BCUT2D eigenvalue weighted by Gasteiger charge is -2.24. The Morgan fingerprint density at radius 3 is 1.65 bits per heavy atom. The summed E-state index contributed by atoms with van der Waals surface area (Å²) in [5.74, 6) is 1.78. The second-order valence-electron chi connectivity index (χ2n) is 19.5. The summed E-state index contributed by atoms with van der Waals surface area (Å²) >= 11 is 0. The Bertz CT molecular complexity index is 4520. The highest BCUT2D eigenvalue weighted by atomic mass is 16.3. The number of hydrogen-bond donors (Lipinski definition) is 0. The third-order valence-corrected chi connectivity index (χ3v) is 15.2. The zero-order valence-electron chi connectivity index (χ0n) is 39.5. The lowest BCUT2D eigenvalue weighted by molar-refractivity contribution is 0.661. The minimum Gasteiger partial charge on any atom is -0.454 e. The Labute approximate surface area is 414 Å². The van der Waals surface area contributed by atoms with Gasteiger partial charge >= 0.3 is 0 Å². The van der Waals surface area contributed by atoms with Gasteiger partial charge in [0.1, 0.15) is 5.58 Å². The van der Waals surface area contributed by atoms with E-state index < -0.39 is 0 Å². The fraction of sp³-hybridized carbons (Fsp3) is 0.0455. The summed E-state index contributed by atoms with van der Waals surface area (Å²) < 4.78 is 11.7. The molecule has 0 radical (unpaired) electrons. The van der Waals surface area contributed by atoms with E-state index in [-0.39, 0.29) is 5.41 Å². The van der Waals surface area contributed by atoms with Gasteiger partial charge in [-0.15, -0.1) is 0 Å². The number of furan rings is 1. The third kappa shape index (κ3) is 5.87. The molecule has 338 valence electrons. The van der Waals surface area contributed by atoms with Crippen molar-refractivity contribution >= 4 is 65.6 Å². The van der Waals surface area contributed by atoms with E-state index in [4.69, 9.17) is 19.4 Å². The molecule has 72 heavy (non-hydrogen) atoms. The van der Waals surface area contributed by atoms with Gasteiger partial charge in [-0.1, -0.05) is 208 Å². The van der Waals surface area contributed by atoms with Crippen LogP contribution in [0, 0.1) is 0 Å². The van der Waals surface area contributed by atoms with E-state index in [0.29, 0.717) is 17.6 Å². The quantitative estimate of drug-likeness (QED) is 0.167. The van der Waals surface area contributed by atoms with Crippen LogP contribution in [0.15, 0.2) is 229 Å². The molecule has 0 bridgehead atoms. The smallest absolute Gasteiger partial charge is 0.238 e. The standard InChI is InChI=1S/C66H43N5O/c1-66(2)54-28-13-9-22-45(54)49-26-17-27-52(59(49)66)64-67-63(43-20-7-4-8-21-43)68-65(69-64)71-56-30-15-11-24-47(56)51-37-36-50-46-23-10-14-29-55(46)70(60(50)61(51)71)57-39-44(38-53-48-25-12-16-31-58(48)72-62(53)57)42-34-32-41(33-35-42)40-18-5-3-6-19-40/h3-39H,1-2H3. The molecule has 1 aliphatic rings. The zero-order valence-corrected chi connectivity index (χ0v) is 39.5. The molecule has 0 atom stereocenters. The minimum atomic E-state index is -0.289. The first kappa shape index (κ1) is 40.5. The van der Waals surface area contributed by atoms with Crippen LogP contribution in [0.5, 0.6) is 0 Å². The molecule has 4 aromatic heterocycles. The maximum atomic E-state index is 7.00. The van der Waals surface area contributed by atoms with Crippen LogP contribution in [0.4, 0.5) is 0 Å². The fourth-order valence-corrected chi connectivity index (χ4v) is 11.9. The number of para-hydroxylation sites is 3. The lowest BCUT2D eigenvalue weighted by Crippen LogP contribution is -2.17. The van der Waals surface area contributed by atoms with Crippen LogP contribution >= 0.6 is 0 Å². The second kappa shape index (κ2) is 15.3. The molecule has 10 aromatic carbocycles. The van der Waals surface area contributed by atoms with Crippen molar-refractivity contribution in [2.45, 2.75) is 19.3 Å². The molecule has 0 unspecified atom stereocenters.